The van der Waals surface area contributed by atoms with Crippen LogP contribution < -0.4 is 10.3 Å². The van der Waals surface area contributed by atoms with E-state index in [1.54, 1.807) is 18.3 Å². The number of hydrazone groups is 1. The second-order valence-electron chi connectivity index (χ2n) is 7.14. The number of likely N-dealkylation sites (N-methyl/N-ethyl adjacent to an activating group) is 1. The van der Waals surface area contributed by atoms with Crippen molar-refractivity contribution in [2.45, 2.75) is 26.3 Å². The Morgan fingerprint density at radius 3 is 2.59 bits per heavy atom. The number of allylic oxidation sites excluding steroid dienone is 1. The number of anilines is 1. The van der Waals surface area contributed by atoms with Crippen LogP contribution in [0.4, 0.5) is 5.69 Å². The Morgan fingerprint density at radius 1 is 1.15 bits per heavy atom. The van der Waals surface area contributed by atoms with Gasteiger partial charge in [-0.1, -0.05) is 35.3 Å². The van der Waals surface area contributed by atoms with Crippen LogP contribution in [0.3, 0.4) is 0 Å². The second-order valence-corrected chi connectivity index (χ2v) is 7.96. The molecule has 0 radical (unpaired) electrons. The molecule has 6 heteroatoms. The SMILES string of the molecule is CC1=CC(C)(C)N(C)c2ccc(/C=N/NC(=O)c3ccc(Cl)c(Cl)c3)cc21. The van der Waals surface area contributed by atoms with Gasteiger partial charge in [-0.2, -0.15) is 5.10 Å². The molecule has 1 aliphatic rings. The van der Waals surface area contributed by atoms with Gasteiger partial charge in [-0.25, -0.2) is 5.43 Å². The third-order valence-electron chi connectivity index (χ3n) is 4.80. The predicted octanol–water partition coefficient (Wildman–Crippen LogP) is 5.39. The number of hydrogen-bond acceptors (Lipinski definition) is 3. The lowest BCUT2D eigenvalue weighted by atomic mass is 9.89. The Balaban J connectivity index is 1.76. The largest absolute Gasteiger partial charge is 0.366 e. The summed E-state index contributed by atoms with van der Waals surface area (Å²) in [5, 5.41) is 4.79. The molecule has 140 valence electrons. The third kappa shape index (κ3) is 4.02. The van der Waals surface area contributed by atoms with Crippen molar-refractivity contribution >= 4 is 46.6 Å². The maximum Gasteiger partial charge on any atom is 0.271 e. The first-order valence-electron chi connectivity index (χ1n) is 8.55. The van der Waals surface area contributed by atoms with Crippen molar-refractivity contribution in [1.29, 1.82) is 0 Å². The van der Waals surface area contributed by atoms with Gasteiger partial charge in [-0.15, -0.1) is 0 Å². The molecule has 4 nitrogen and oxygen atoms in total. The summed E-state index contributed by atoms with van der Waals surface area (Å²) in [5.74, 6) is -0.347. The van der Waals surface area contributed by atoms with E-state index in [1.165, 1.54) is 17.3 Å². The average Bonchev–Trinajstić information content (AvgIpc) is 2.61. The lowest BCUT2D eigenvalue weighted by Gasteiger charge is -2.40. The fraction of sp³-hybridized carbons (Fsp3) is 0.238. The Morgan fingerprint density at radius 2 is 1.89 bits per heavy atom. The van der Waals surface area contributed by atoms with Crippen molar-refractivity contribution in [2.24, 2.45) is 5.10 Å². The van der Waals surface area contributed by atoms with Gasteiger partial charge in [0.2, 0.25) is 0 Å². The zero-order valence-electron chi connectivity index (χ0n) is 15.7. The molecule has 2 aromatic carbocycles. The van der Waals surface area contributed by atoms with E-state index in [4.69, 9.17) is 23.2 Å². The molecule has 27 heavy (non-hydrogen) atoms. The standard InChI is InChI=1S/C21H21Cl2N3O/c1-13-11-21(2,3)26(4)19-8-5-14(9-16(13)19)12-24-25-20(27)15-6-7-17(22)18(23)10-15/h5-12H,1-4H3,(H,25,27)/b24-12+. The van der Waals surface area contributed by atoms with Crippen molar-refractivity contribution in [3.05, 3.63) is 69.2 Å². The van der Waals surface area contributed by atoms with E-state index in [1.807, 2.05) is 6.07 Å². The number of carbonyl (C=O) groups is 1. The highest BCUT2D eigenvalue weighted by atomic mass is 35.5. The first-order valence-corrected chi connectivity index (χ1v) is 9.31. The monoisotopic (exact) mass is 401 g/mol. The summed E-state index contributed by atoms with van der Waals surface area (Å²) in [6.07, 6.45) is 3.88. The number of benzene rings is 2. The molecule has 1 N–H and O–H groups in total. The van der Waals surface area contributed by atoms with E-state index in [2.05, 4.69) is 61.5 Å². The van der Waals surface area contributed by atoms with E-state index < -0.39 is 0 Å². The molecule has 2 aromatic rings. The van der Waals surface area contributed by atoms with Gasteiger partial charge in [0.25, 0.3) is 5.91 Å². The van der Waals surface area contributed by atoms with Crippen LogP contribution in [0.1, 0.15) is 42.3 Å². The molecule has 0 saturated heterocycles. The van der Waals surface area contributed by atoms with Gasteiger partial charge in [0.1, 0.15) is 0 Å². The number of amides is 1. The fourth-order valence-corrected chi connectivity index (χ4v) is 3.42. The van der Waals surface area contributed by atoms with E-state index in [0.29, 0.717) is 15.6 Å². The van der Waals surface area contributed by atoms with Crippen molar-refractivity contribution in [2.75, 3.05) is 11.9 Å². The molecular weight excluding hydrogens is 381 g/mol. The van der Waals surface area contributed by atoms with Crippen molar-refractivity contribution in [3.63, 3.8) is 0 Å². The number of hydrogen-bond donors (Lipinski definition) is 1. The molecular formula is C21H21Cl2N3O. The van der Waals surface area contributed by atoms with Crippen LogP contribution in [0, 0.1) is 0 Å². The zero-order valence-corrected chi connectivity index (χ0v) is 17.2. The predicted molar refractivity (Wildman–Crippen MR) is 114 cm³/mol. The summed E-state index contributed by atoms with van der Waals surface area (Å²) in [4.78, 5) is 14.4. The Bertz CT molecular complexity index is 964. The van der Waals surface area contributed by atoms with Gasteiger partial charge in [0.15, 0.2) is 0 Å². The smallest absolute Gasteiger partial charge is 0.271 e. The highest BCUT2D eigenvalue weighted by Gasteiger charge is 2.28. The molecule has 1 aliphatic heterocycles. The van der Waals surface area contributed by atoms with Gasteiger partial charge in [0, 0.05) is 23.9 Å². The molecule has 0 aromatic heterocycles. The quantitative estimate of drug-likeness (QED) is 0.553. The molecule has 0 spiro atoms. The molecule has 3 rings (SSSR count). The summed E-state index contributed by atoms with van der Waals surface area (Å²) in [6.45, 7) is 6.49. The Kier molecular flexibility index (Phi) is 5.31. The summed E-state index contributed by atoms with van der Waals surface area (Å²) in [5.41, 5.74) is 7.35. The number of rotatable bonds is 3. The molecule has 0 aliphatic carbocycles. The first-order chi connectivity index (χ1) is 12.7. The summed E-state index contributed by atoms with van der Waals surface area (Å²) >= 11 is 11.8. The van der Waals surface area contributed by atoms with Crippen molar-refractivity contribution in [3.8, 4) is 0 Å². The molecule has 0 saturated carbocycles. The Hall–Kier alpha value is -2.30. The lowest BCUT2D eigenvalue weighted by molar-refractivity contribution is 0.0955. The maximum atomic E-state index is 12.2. The number of halogens is 2. The fourth-order valence-electron chi connectivity index (χ4n) is 3.12. The molecule has 1 amide bonds. The van der Waals surface area contributed by atoms with E-state index in [9.17, 15) is 4.79 Å². The summed E-state index contributed by atoms with van der Waals surface area (Å²) < 4.78 is 0. The topological polar surface area (TPSA) is 44.7 Å². The number of fused-ring (bicyclic) bond motifs is 1. The Labute approximate surface area is 169 Å². The van der Waals surface area contributed by atoms with Crippen LogP contribution in [0.2, 0.25) is 10.0 Å². The first kappa shape index (κ1) is 19.5. The number of nitrogens with one attached hydrogen (secondary N) is 1. The maximum absolute atomic E-state index is 12.2. The minimum absolute atomic E-state index is 0.0273. The van der Waals surface area contributed by atoms with Gasteiger partial charge >= 0.3 is 0 Å². The zero-order chi connectivity index (χ0) is 19.8. The van der Waals surface area contributed by atoms with Crippen molar-refractivity contribution < 1.29 is 4.79 Å². The van der Waals surface area contributed by atoms with Gasteiger partial charge in [-0.3, -0.25) is 4.79 Å². The number of carbonyl (C=O) groups excluding carboxylic acids is 1. The normalized spacial score (nSPS) is 15.5. The highest BCUT2D eigenvalue weighted by molar-refractivity contribution is 6.42. The molecule has 0 atom stereocenters. The average molecular weight is 402 g/mol. The molecule has 1 heterocycles. The number of nitrogens with zero attached hydrogens (tertiary/aromatic N) is 2. The van der Waals surface area contributed by atoms with Gasteiger partial charge in [-0.05, 0) is 62.2 Å². The van der Waals surface area contributed by atoms with E-state index in [0.717, 1.165) is 11.1 Å². The minimum atomic E-state index is -0.347. The van der Waals surface area contributed by atoms with E-state index >= 15 is 0 Å². The van der Waals surface area contributed by atoms with E-state index in [-0.39, 0.29) is 11.4 Å². The van der Waals surface area contributed by atoms with Gasteiger partial charge in [0.05, 0.1) is 21.8 Å². The third-order valence-corrected chi connectivity index (χ3v) is 5.54. The molecule has 0 unspecified atom stereocenters. The van der Waals surface area contributed by atoms with Crippen molar-refractivity contribution in [1.82, 2.24) is 5.43 Å². The minimum Gasteiger partial charge on any atom is -0.366 e. The van der Waals surface area contributed by atoms with Crippen LogP contribution in [0.5, 0.6) is 0 Å². The van der Waals surface area contributed by atoms with Crippen LogP contribution in [0.25, 0.3) is 5.57 Å². The van der Waals surface area contributed by atoms with Crippen LogP contribution >= 0.6 is 23.2 Å². The second kappa shape index (κ2) is 7.37. The van der Waals surface area contributed by atoms with Gasteiger partial charge < -0.3 is 4.90 Å². The highest BCUT2D eigenvalue weighted by Crippen LogP contribution is 2.37. The van der Waals surface area contributed by atoms with Crippen LogP contribution in [-0.4, -0.2) is 24.7 Å². The summed E-state index contributed by atoms with van der Waals surface area (Å²) in [6, 6.07) is 10.8. The van der Waals surface area contributed by atoms with Crippen LogP contribution in [0.15, 0.2) is 47.6 Å². The van der Waals surface area contributed by atoms with Crippen LogP contribution in [-0.2, 0) is 0 Å². The molecule has 0 bridgehead atoms. The lowest BCUT2D eigenvalue weighted by Crippen LogP contribution is -2.42. The summed E-state index contributed by atoms with van der Waals surface area (Å²) in [7, 11) is 2.09. The molecule has 0 fully saturated rings.